The molecule has 0 saturated carbocycles. The van der Waals surface area contributed by atoms with Gasteiger partial charge in [0.05, 0.1) is 5.41 Å². The molecule has 1 amide bonds. The van der Waals surface area contributed by atoms with Crippen molar-refractivity contribution in [3.63, 3.8) is 0 Å². The standard InChI is InChI=1S/C14H28N2O/c1-5-12(4)10-16(7-3)13(17)14(6-2)8-9-15-11-14/h12,15H,5-11H2,1-4H3. The molecule has 1 aliphatic heterocycles. The number of rotatable bonds is 6. The van der Waals surface area contributed by atoms with Crippen molar-refractivity contribution in [2.75, 3.05) is 26.2 Å². The van der Waals surface area contributed by atoms with Crippen LogP contribution < -0.4 is 5.32 Å². The lowest BCUT2D eigenvalue weighted by molar-refractivity contribution is -0.141. The van der Waals surface area contributed by atoms with Crippen LogP contribution >= 0.6 is 0 Å². The smallest absolute Gasteiger partial charge is 0.230 e. The summed E-state index contributed by atoms with van der Waals surface area (Å²) in [5, 5.41) is 3.34. The Bertz CT molecular complexity index is 247. The van der Waals surface area contributed by atoms with Crippen LogP contribution in [0.4, 0.5) is 0 Å². The van der Waals surface area contributed by atoms with Gasteiger partial charge in [0.25, 0.3) is 0 Å². The summed E-state index contributed by atoms with van der Waals surface area (Å²) in [5.74, 6) is 0.968. The van der Waals surface area contributed by atoms with Crippen LogP contribution in [0.25, 0.3) is 0 Å². The van der Waals surface area contributed by atoms with Crippen LogP contribution in [0.2, 0.25) is 0 Å². The van der Waals surface area contributed by atoms with Gasteiger partial charge in [0.2, 0.25) is 5.91 Å². The van der Waals surface area contributed by atoms with Gasteiger partial charge in [-0.3, -0.25) is 4.79 Å². The summed E-state index contributed by atoms with van der Waals surface area (Å²) in [5.41, 5.74) is -0.122. The highest BCUT2D eigenvalue weighted by Crippen LogP contribution is 2.32. The van der Waals surface area contributed by atoms with Crippen LogP contribution in [-0.2, 0) is 4.79 Å². The van der Waals surface area contributed by atoms with Gasteiger partial charge in [-0.25, -0.2) is 0 Å². The molecule has 1 saturated heterocycles. The number of carbonyl (C=O) groups excluding carboxylic acids is 1. The molecule has 17 heavy (non-hydrogen) atoms. The average molecular weight is 240 g/mol. The quantitative estimate of drug-likeness (QED) is 0.772. The molecule has 1 heterocycles. The SMILES string of the molecule is CCC(C)CN(CC)C(=O)C1(CC)CCNC1. The molecule has 100 valence electrons. The first-order valence-electron chi connectivity index (χ1n) is 7.09. The summed E-state index contributed by atoms with van der Waals surface area (Å²) >= 11 is 0. The maximum atomic E-state index is 12.7. The van der Waals surface area contributed by atoms with Crippen molar-refractivity contribution >= 4 is 5.91 Å². The summed E-state index contributed by atoms with van der Waals surface area (Å²) in [7, 11) is 0. The molecule has 3 nitrogen and oxygen atoms in total. The fraction of sp³-hybridized carbons (Fsp3) is 0.929. The van der Waals surface area contributed by atoms with E-state index in [2.05, 4.69) is 37.9 Å². The fourth-order valence-corrected chi connectivity index (χ4v) is 2.58. The van der Waals surface area contributed by atoms with Gasteiger partial charge in [-0.05, 0) is 32.2 Å². The molecule has 1 fully saturated rings. The normalized spacial score (nSPS) is 25.9. The highest BCUT2D eigenvalue weighted by atomic mass is 16.2. The lowest BCUT2D eigenvalue weighted by Crippen LogP contribution is -2.46. The molecule has 0 spiro atoms. The number of carbonyl (C=O) groups is 1. The molecule has 2 atom stereocenters. The highest BCUT2D eigenvalue weighted by molar-refractivity contribution is 5.83. The van der Waals surface area contributed by atoms with Gasteiger partial charge in [0.1, 0.15) is 0 Å². The Morgan fingerprint density at radius 2 is 2.12 bits per heavy atom. The zero-order valence-corrected chi connectivity index (χ0v) is 11.9. The average Bonchev–Trinajstić information content (AvgIpc) is 2.84. The summed E-state index contributed by atoms with van der Waals surface area (Å²) in [6.07, 6.45) is 3.09. The Hall–Kier alpha value is -0.570. The van der Waals surface area contributed by atoms with Gasteiger partial charge in [0, 0.05) is 19.6 Å². The van der Waals surface area contributed by atoms with Crippen molar-refractivity contribution in [3.05, 3.63) is 0 Å². The minimum Gasteiger partial charge on any atom is -0.342 e. The minimum absolute atomic E-state index is 0.122. The van der Waals surface area contributed by atoms with E-state index in [0.717, 1.165) is 45.4 Å². The van der Waals surface area contributed by atoms with Crippen LogP contribution in [0.1, 0.15) is 47.0 Å². The Morgan fingerprint density at radius 1 is 1.41 bits per heavy atom. The molecule has 1 rings (SSSR count). The van der Waals surface area contributed by atoms with Gasteiger partial charge in [-0.2, -0.15) is 0 Å². The number of hydrogen-bond donors (Lipinski definition) is 1. The Morgan fingerprint density at radius 3 is 2.53 bits per heavy atom. The first-order chi connectivity index (χ1) is 8.09. The van der Waals surface area contributed by atoms with E-state index in [1.165, 1.54) is 0 Å². The van der Waals surface area contributed by atoms with Crippen molar-refractivity contribution in [1.29, 1.82) is 0 Å². The molecule has 0 bridgehead atoms. The third-order valence-corrected chi connectivity index (χ3v) is 4.27. The van der Waals surface area contributed by atoms with Crippen molar-refractivity contribution in [2.24, 2.45) is 11.3 Å². The van der Waals surface area contributed by atoms with Crippen molar-refractivity contribution in [1.82, 2.24) is 10.2 Å². The van der Waals surface area contributed by atoms with E-state index in [9.17, 15) is 4.79 Å². The lowest BCUT2D eigenvalue weighted by Gasteiger charge is -2.34. The summed E-state index contributed by atoms with van der Waals surface area (Å²) in [6, 6.07) is 0. The number of amides is 1. The molecular weight excluding hydrogens is 212 g/mol. The van der Waals surface area contributed by atoms with E-state index in [4.69, 9.17) is 0 Å². The van der Waals surface area contributed by atoms with Crippen LogP contribution in [0, 0.1) is 11.3 Å². The highest BCUT2D eigenvalue weighted by Gasteiger charge is 2.41. The van der Waals surface area contributed by atoms with Gasteiger partial charge in [0.15, 0.2) is 0 Å². The van der Waals surface area contributed by atoms with Crippen LogP contribution in [0.3, 0.4) is 0 Å². The molecule has 0 aromatic carbocycles. The van der Waals surface area contributed by atoms with Gasteiger partial charge in [-0.15, -0.1) is 0 Å². The topological polar surface area (TPSA) is 32.3 Å². The molecule has 0 aromatic rings. The molecule has 2 unspecified atom stereocenters. The lowest BCUT2D eigenvalue weighted by atomic mass is 9.82. The maximum Gasteiger partial charge on any atom is 0.230 e. The van der Waals surface area contributed by atoms with E-state index < -0.39 is 0 Å². The van der Waals surface area contributed by atoms with Gasteiger partial charge in [-0.1, -0.05) is 27.2 Å². The van der Waals surface area contributed by atoms with E-state index in [-0.39, 0.29) is 5.41 Å². The van der Waals surface area contributed by atoms with Crippen molar-refractivity contribution < 1.29 is 4.79 Å². The number of nitrogens with one attached hydrogen (secondary N) is 1. The predicted molar refractivity (Wildman–Crippen MR) is 71.9 cm³/mol. The zero-order chi connectivity index (χ0) is 12.9. The second kappa shape index (κ2) is 6.39. The van der Waals surface area contributed by atoms with E-state index >= 15 is 0 Å². The number of nitrogens with zero attached hydrogens (tertiary/aromatic N) is 1. The van der Waals surface area contributed by atoms with Crippen molar-refractivity contribution in [3.8, 4) is 0 Å². The summed E-state index contributed by atoms with van der Waals surface area (Å²) in [6.45, 7) is 12.2. The van der Waals surface area contributed by atoms with Gasteiger partial charge >= 0.3 is 0 Å². The second-order valence-corrected chi connectivity index (χ2v) is 5.42. The summed E-state index contributed by atoms with van der Waals surface area (Å²) < 4.78 is 0. The fourth-order valence-electron chi connectivity index (χ4n) is 2.58. The van der Waals surface area contributed by atoms with E-state index in [1.54, 1.807) is 0 Å². The monoisotopic (exact) mass is 240 g/mol. The minimum atomic E-state index is -0.122. The van der Waals surface area contributed by atoms with E-state index in [0.29, 0.717) is 11.8 Å². The zero-order valence-electron chi connectivity index (χ0n) is 11.9. The second-order valence-electron chi connectivity index (χ2n) is 5.42. The Kier molecular flexibility index (Phi) is 5.44. The first kappa shape index (κ1) is 14.5. The largest absolute Gasteiger partial charge is 0.342 e. The molecule has 0 radical (unpaired) electrons. The Balaban J connectivity index is 2.70. The Labute approximate surface area is 106 Å². The molecule has 1 N–H and O–H groups in total. The van der Waals surface area contributed by atoms with Gasteiger partial charge < -0.3 is 10.2 Å². The molecular formula is C14H28N2O. The maximum absolute atomic E-state index is 12.7. The van der Waals surface area contributed by atoms with Crippen molar-refractivity contribution in [2.45, 2.75) is 47.0 Å². The van der Waals surface area contributed by atoms with E-state index in [1.807, 2.05) is 0 Å². The third kappa shape index (κ3) is 3.21. The third-order valence-electron chi connectivity index (χ3n) is 4.27. The molecule has 1 aliphatic rings. The molecule has 3 heteroatoms. The number of hydrogen-bond acceptors (Lipinski definition) is 2. The van der Waals surface area contributed by atoms with Crippen LogP contribution in [0.15, 0.2) is 0 Å². The van der Waals surface area contributed by atoms with Crippen LogP contribution in [-0.4, -0.2) is 37.0 Å². The summed E-state index contributed by atoms with van der Waals surface area (Å²) in [4.78, 5) is 14.7. The molecule has 0 aliphatic carbocycles. The predicted octanol–water partition coefficient (Wildman–Crippen LogP) is 2.27. The molecule has 0 aromatic heterocycles. The first-order valence-corrected chi connectivity index (χ1v) is 7.09. The van der Waals surface area contributed by atoms with Crippen LogP contribution in [0.5, 0.6) is 0 Å².